The number of piperazine rings is 1. The molecule has 1 aromatic heterocycles. The summed E-state index contributed by atoms with van der Waals surface area (Å²) in [6.07, 6.45) is 0. The number of sulfonamides is 1. The molecule has 0 saturated carbocycles. The second-order valence-corrected chi connectivity index (χ2v) is 10.6. The quantitative estimate of drug-likeness (QED) is 0.416. The minimum Gasteiger partial charge on any atom is -0.341 e. The number of rotatable bonds is 5. The Bertz CT molecular complexity index is 1370. The van der Waals surface area contributed by atoms with Crippen LogP contribution in [0.3, 0.4) is 0 Å². The molecular formula is C25H26ClN3O2S. The number of hydrogen-bond acceptors (Lipinski definition) is 3. The molecule has 1 fully saturated rings. The van der Waals surface area contributed by atoms with Crippen molar-refractivity contribution in [1.82, 2.24) is 13.8 Å². The van der Waals surface area contributed by atoms with Crippen LogP contribution >= 0.6 is 11.6 Å². The lowest BCUT2D eigenvalue weighted by molar-refractivity contribution is 0.181. The maximum atomic E-state index is 12.9. The number of benzene rings is 3. The summed E-state index contributed by atoms with van der Waals surface area (Å²) in [5.74, 6) is 0. The lowest BCUT2D eigenvalue weighted by Crippen LogP contribution is -2.48. The molecule has 1 aliphatic rings. The number of aromatic nitrogens is 1. The van der Waals surface area contributed by atoms with Gasteiger partial charge in [-0.25, -0.2) is 8.42 Å². The summed E-state index contributed by atoms with van der Waals surface area (Å²) in [4.78, 5) is 2.63. The van der Waals surface area contributed by atoms with E-state index >= 15 is 0 Å². The van der Waals surface area contributed by atoms with Crippen LogP contribution in [0.25, 0.3) is 21.8 Å². The predicted octanol–water partition coefficient (Wildman–Crippen LogP) is 4.97. The van der Waals surface area contributed by atoms with E-state index < -0.39 is 10.0 Å². The number of para-hydroxylation sites is 1. The molecular weight excluding hydrogens is 442 g/mol. The second-order valence-electron chi connectivity index (χ2n) is 8.25. The fourth-order valence-corrected chi connectivity index (χ4v) is 6.23. The summed E-state index contributed by atoms with van der Waals surface area (Å²) in [5.41, 5.74) is 3.78. The first-order valence-corrected chi connectivity index (χ1v) is 12.8. The minimum atomic E-state index is -3.48. The van der Waals surface area contributed by atoms with Crippen molar-refractivity contribution in [3.63, 3.8) is 0 Å². The molecule has 0 amide bonds. The summed E-state index contributed by atoms with van der Waals surface area (Å²) in [7, 11) is -3.48. The van der Waals surface area contributed by atoms with Gasteiger partial charge < -0.3 is 4.57 Å². The molecule has 0 radical (unpaired) electrons. The zero-order chi connectivity index (χ0) is 22.3. The molecule has 32 heavy (non-hydrogen) atoms. The van der Waals surface area contributed by atoms with Crippen molar-refractivity contribution in [1.29, 1.82) is 0 Å². The molecule has 1 aliphatic heterocycles. The first-order chi connectivity index (χ1) is 15.5. The van der Waals surface area contributed by atoms with E-state index in [4.69, 9.17) is 11.6 Å². The molecule has 1 saturated heterocycles. The molecule has 5 rings (SSSR count). The Morgan fingerprint density at radius 3 is 2.25 bits per heavy atom. The van der Waals surface area contributed by atoms with Crippen molar-refractivity contribution >= 4 is 43.4 Å². The van der Waals surface area contributed by atoms with Crippen LogP contribution in [0.1, 0.15) is 12.5 Å². The van der Waals surface area contributed by atoms with E-state index in [-0.39, 0.29) is 0 Å². The highest BCUT2D eigenvalue weighted by atomic mass is 35.5. The number of fused-ring (bicyclic) bond motifs is 3. The van der Waals surface area contributed by atoms with Gasteiger partial charge in [-0.3, -0.25) is 4.90 Å². The van der Waals surface area contributed by atoms with Crippen LogP contribution in [-0.2, 0) is 23.1 Å². The number of hydrogen-bond donors (Lipinski definition) is 0. The highest BCUT2D eigenvalue weighted by Crippen LogP contribution is 2.30. The Morgan fingerprint density at radius 1 is 0.844 bits per heavy atom. The van der Waals surface area contributed by atoms with Crippen molar-refractivity contribution < 1.29 is 8.42 Å². The monoisotopic (exact) mass is 467 g/mol. The van der Waals surface area contributed by atoms with Gasteiger partial charge in [0.15, 0.2) is 0 Å². The van der Waals surface area contributed by atoms with Gasteiger partial charge in [0, 0.05) is 66.1 Å². The SMILES string of the molecule is CCn1c2ccccc2c2cc(CN3CCN(S(=O)(=O)c4ccc(Cl)cc4)CC3)ccc21. The topological polar surface area (TPSA) is 45.5 Å². The molecule has 4 aromatic rings. The van der Waals surface area contributed by atoms with E-state index in [9.17, 15) is 8.42 Å². The van der Waals surface area contributed by atoms with Crippen LogP contribution in [0, 0.1) is 0 Å². The highest BCUT2D eigenvalue weighted by Gasteiger charge is 2.28. The van der Waals surface area contributed by atoms with Crippen molar-refractivity contribution in [2.75, 3.05) is 26.2 Å². The van der Waals surface area contributed by atoms with Crippen LogP contribution in [0.5, 0.6) is 0 Å². The Labute approximate surface area is 193 Å². The van der Waals surface area contributed by atoms with Crippen LogP contribution in [0.15, 0.2) is 71.6 Å². The molecule has 5 nitrogen and oxygen atoms in total. The van der Waals surface area contributed by atoms with Gasteiger partial charge in [-0.2, -0.15) is 4.31 Å². The van der Waals surface area contributed by atoms with E-state index in [1.165, 1.54) is 27.4 Å². The second kappa shape index (κ2) is 8.52. The summed E-state index contributed by atoms with van der Waals surface area (Å²) in [6.45, 7) is 6.33. The third kappa shape index (κ3) is 3.82. The van der Waals surface area contributed by atoms with Gasteiger partial charge in [0.25, 0.3) is 0 Å². The van der Waals surface area contributed by atoms with Crippen molar-refractivity contribution in [2.45, 2.75) is 24.9 Å². The lowest BCUT2D eigenvalue weighted by atomic mass is 10.1. The lowest BCUT2D eigenvalue weighted by Gasteiger charge is -2.34. The molecule has 0 N–H and O–H groups in total. The summed E-state index contributed by atoms with van der Waals surface area (Å²) in [6, 6.07) is 21.7. The van der Waals surface area contributed by atoms with Crippen molar-refractivity contribution in [3.05, 3.63) is 77.3 Å². The number of halogens is 1. The molecule has 166 valence electrons. The largest absolute Gasteiger partial charge is 0.341 e. The predicted molar refractivity (Wildman–Crippen MR) is 131 cm³/mol. The van der Waals surface area contributed by atoms with Gasteiger partial charge in [0.1, 0.15) is 0 Å². The van der Waals surface area contributed by atoms with Gasteiger partial charge in [-0.15, -0.1) is 0 Å². The normalized spacial score (nSPS) is 16.2. The Hall–Kier alpha value is -2.38. The van der Waals surface area contributed by atoms with Crippen molar-refractivity contribution in [3.8, 4) is 0 Å². The standard InChI is InChI=1S/C25H26ClN3O2S/c1-2-29-24-6-4-3-5-22(24)23-17-19(7-12-25(23)29)18-27-13-15-28(16-14-27)32(30,31)21-10-8-20(26)9-11-21/h3-12,17H,2,13-16,18H2,1H3. The molecule has 3 aromatic carbocycles. The van der Waals surface area contributed by atoms with Crippen LogP contribution in [0.4, 0.5) is 0 Å². The van der Waals surface area contributed by atoms with Gasteiger partial charge in [0.05, 0.1) is 4.90 Å². The average molecular weight is 468 g/mol. The first kappa shape index (κ1) is 21.5. The average Bonchev–Trinajstić information content (AvgIpc) is 3.13. The van der Waals surface area contributed by atoms with E-state index in [0.717, 1.165) is 13.1 Å². The fourth-order valence-electron chi connectivity index (χ4n) is 4.68. The smallest absolute Gasteiger partial charge is 0.243 e. The fraction of sp³-hybridized carbons (Fsp3) is 0.280. The molecule has 0 spiro atoms. The molecule has 0 atom stereocenters. The minimum absolute atomic E-state index is 0.299. The van der Waals surface area contributed by atoms with E-state index in [1.807, 2.05) is 0 Å². The number of aryl methyl sites for hydroxylation is 1. The van der Waals surface area contributed by atoms with Crippen LogP contribution < -0.4 is 0 Å². The zero-order valence-corrected chi connectivity index (χ0v) is 19.6. The van der Waals surface area contributed by atoms with Gasteiger partial charge >= 0.3 is 0 Å². The Balaban J connectivity index is 1.32. The molecule has 7 heteroatoms. The summed E-state index contributed by atoms with van der Waals surface area (Å²) in [5, 5.41) is 3.10. The Morgan fingerprint density at radius 2 is 1.53 bits per heavy atom. The Kier molecular flexibility index (Phi) is 5.72. The number of nitrogens with zero attached hydrogens (tertiary/aromatic N) is 3. The molecule has 0 bridgehead atoms. The van der Waals surface area contributed by atoms with Crippen molar-refractivity contribution in [2.24, 2.45) is 0 Å². The molecule has 0 unspecified atom stereocenters. The summed E-state index contributed by atoms with van der Waals surface area (Å²) >= 11 is 5.91. The highest BCUT2D eigenvalue weighted by molar-refractivity contribution is 7.89. The van der Waals surface area contributed by atoms with Gasteiger partial charge in [-0.05, 0) is 55.0 Å². The third-order valence-electron chi connectivity index (χ3n) is 6.34. The van der Waals surface area contributed by atoms with E-state index in [0.29, 0.717) is 36.1 Å². The summed E-state index contributed by atoms with van der Waals surface area (Å²) < 4.78 is 29.8. The van der Waals surface area contributed by atoms with E-state index in [2.05, 4.69) is 58.9 Å². The van der Waals surface area contributed by atoms with Crippen LogP contribution in [0.2, 0.25) is 5.02 Å². The van der Waals surface area contributed by atoms with Gasteiger partial charge in [-0.1, -0.05) is 35.9 Å². The maximum Gasteiger partial charge on any atom is 0.243 e. The molecule has 2 heterocycles. The van der Waals surface area contributed by atoms with Crippen LogP contribution in [-0.4, -0.2) is 48.4 Å². The molecule has 0 aliphatic carbocycles. The zero-order valence-electron chi connectivity index (χ0n) is 18.0. The maximum absolute atomic E-state index is 12.9. The third-order valence-corrected chi connectivity index (χ3v) is 8.51. The first-order valence-electron chi connectivity index (χ1n) is 11.0. The van der Waals surface area contributed by atoms with Gasteiger partial charge in [0.2, 0.25) is 10.0 Å². The van der Waals surface area contributed by atoms with E-state index in [1.54, 1.807) is 28.6 Å².